The largest absolute Gasteiger partial charge is 0.467 e. The molecule has 1 amide bonds. The van der Waals surface area contributed by atoms with E-state index < -0.39 is 0 Å². The van der Waals surface area contributed by atoms with Crippen LogP contribution < -0.4 is 16.0 Å². The van der Waals surface area contributed by atoms with Crippen LogP contribution >= 0.6 is 0 Å². The summed E-state index contributed by atoms with van der Waals surface area (Å²) < 4.78 is 5.17. The van der Waals surface area contributed by atoms with E-state index in [0.717, 1.165) is 11.4 Å². The summed E-state index contributed by atoms with van der Waals surface area (Å²) in [6.07, 6.45) is 4.80. The van der Waals surface area contributed by atoms with Gasteiger partial charge < -0.3 is 20.4 Å². The molecule has 0 aromatic carbocycles. The molecule has 0 aliphatic rings. The molecule has 0 saturated carbocycles. The molecular formula is C14H18N4O2. The van der Waals surface area contributed by atoms with Crippen LogP contribution in [0, 0.1) is 0 Å². The first kappa shape index (κ1) is 13.9. The second-order valence-electron chi connectivity index (χ2n) is 4.52. The molecule has 2 aromatic heterocycles. The maximum absolute atomic E-state index is 12.1. The van der Waals surface area contributed by atoms with Crippen LogP contribution in [0.5, 0.6) is 0 Å². The predicted octanol–water partition coefficient (Wildman–Crippen LogP) is 1.40. The van der Waals surface area contributed by atoms with Crippen molar-refractivity contribution in [2.24, 2.45) is 0 Å². The number of hydrogen-bond acceptors (Lipinski definition) is 5. The summed E-state index contributed by atoms with van der Waals surface area (Å²) in [6, 6.07) is 5.03. The number of anilines is 2. The number of nitrogen functional groups attached to an aromatic ring is 1. The molecule has 0 aliphatic heterocycles. The summed E-state index contributed by atoms with van der Waals surface area (Å²) in [5.41, 5.74) is 7.18. The zero-order valence-corrected chi connectivity index (χ0v) is 11.5. The van der Waals surface area contributed by atoms with E-state index >= 15 is 0 Å². The predicted molar refractivity (Wildman–Crippen MR) is 77.1 cm³/mol. The first-order chi connectivity index (χ1) is 9.59. The number of pyridine rings is 1. The minimum absolute atomic E-state index is 0.0971. The lowest BCUT2D eigenvalue weighted by atomic mass is 10.2. The highest BCUT2D eigenvalue weighted by Crippen LogP contribution is 2.21. The maximum Gasteiger partial charge on any atom is 0.242 e. The van der Waals surface area contributed by atoms with Gasteiger partial charge in [0.2, 0.25) is 5.91 Å². The Bertz CT molecular complexity index is 568. The Hall–Kier alpha value is -2.50. The van der Waals surface area contributed by atoms with Gasteiger partial charge in [-0.05, 0) is 25.1 Å². The molecule has 2 heterocycles. The summed E-state index contributed by atoms with van der Waals surface area (Å²) in [6.45, 7) is 2.19. The second kappa shape index (κ2) is 6.10. The Balaban J connectivity index is 1.97. The molecule has 0 aliphatic carbocycles. The third kappa shape index (κ3) is 3.09. The van der Waals surface area contributed by atoms with E-state index in [4.69, 9.17) is 10.2 Å². The molecule has 0 bridgehead atoms. The van der Waals surface area contributed by atoms with Gasteiger partial charge >= 0.3 is 0 Å². The highest BCUT2D eigenvalue weighted by Gasteiger charge is 2.19. The molecule has 0 radical (unpaired) electrons. The number of rotatable bonds is 5. The van der Waals surface area contributed by atoms with Gasteiger partial charge in [-0.25, -0.2) is 0 Å². The van der Waals surface area contributed by atoms with Crippen LogP contribution in [0.25, 0.3) is 0 Å². The lowest BCUT2D eigenvalue weighted by Crippen LogP contribution is -2.43. The van der Waals surface area contributed by atoms with Crippen LogP contribution in [-0.4, -0.2) is 24.0 Å². The van der Waals surface area contributed by atoms with Crippen LogP contribution in [0.1, 0.15) is 12.7 Å². The van der Waals surface area contributed by atoms with E-state index in [2.05, 4.69) is 10.3 Å². The van der Waals surface area contributed by atoms with E-state index in [1.54, 1.807) is 30.8 Å². The average molecular weight is 274 g/mol. The van der Waals surface area contributed by atoms with Crippen LogP contribution in [0.4, 0.5) is 11.4 Å². The van der Waals surface area contributed by atoms with Crippen molar-refractivity contribution in [3.8, 4) is 0 Å². The fraction of sp³-hybridized carbons (Fsp3) is 0.286. The van der Waals surface area contributed by atoms with Crippen LogP contribution in [0.3, 0.4) is 0 Å². The van der Waals surface area contributed by atoms with Gasteiger partial charge in [-0.1, -0.05) is 0 Å². The summed E-state index contributed by atoms with van der Waals surface area (Å²) in [7, 11) is 1.82. The van der Waals surface area contributed by atoms with Crippen molar-refractivity contribution in [2.75, 3.05) is 17.7 Å². The molecule has 2 aromatic rings. The van der Waals surface area contributed by atoms with Gasteiger partial charge in [0, 0.05) is 13.2 Å². The van der Waals surface area contributed by atoms with E-state index in [0.29, 0.717) is 12.2 Å². The Morgan fingerprint density at radius 2 is 2.35 bits per heavy atom. The van der Waals surface area contributed by atoms with Gasteiger partial charge in [-0.15, -0.1) is 0 Å². The molecule has 6 heteroatoms. The third-order valence-electron chi connectivity index (χ3n) is 3.19. The number of furan rings is 1. The molecule has 0 fully saturated rings. The van der Waals surface area contributed by atoms with Crippen molar-refractivity contribution in [3.63, 3.8) is 0 Å². The monoisotopic (exact) mass is 274 g/mol. The van der Waals surface area contributed by atoms with E-state index in [-0.39, 0.29) is 11.9 Å². The number of hydrogen-bond donors (Lipinski definition) is 2. The van der Waals surface area contributed by atoms with Crippen molar-refractivity contribution in [2.45, 2.75) is 19.5 Å². The van der Waals surface area contributed by atoms with Gasteiger partial charge in [0.1, 0.15) is 11.8 Å². The Morgan fingerprint density at radius 3 is 3.00 bits per heavy atom. The van der Waals surface area contributed by atoms with E-state index in [1.165, 1.54) is 0 Å². The highest BCUT2D eigenvalue weighted by molar-refractivity contribution is 5.85. The number of nitrogens with two attached hydrogens (primary N) is 1. The molecule has 2 rings (SSSR count). The molecule has 6 nitrogen and oxygen atoms in total. The molecular weight excluding hydrogens is 256 g/mol. The second-order valence-corrected chi connectivity index (χ2v) is 4.52. The number of aromatic nitrogens is 1. The molecule has 20 heavy (non-hydrogen) atoms. The summed E-state index contributed by atoms with van der Waals surface area (Å²) >= 11 is 0. The van der Waals surface area contributed by atoms with Crippen LogP contribution in [0.2, 0.25) is 0 Å². The number of carbonyl (C=O) groups is 1. The number of amides is 1. The van der Waals surface area contributed by atoms with Gasteiger partial charge in [0.15, 0.2) is 0 Å². The zero-order valence-electron chi connectivity index (χ0n) is 11.5. The Labute approximate surface area is 117 Å². The zero-order chi connectivity index (χ0) is 14.5. The number of carbonyl (C=O) groups excluding carboxylic acids is 1. The SMILES string of the molecule is CC(C(=O)NCc1ccco1)N(C)c1ccncc1N. The summed E-state index contributed by atoms with van der Waals surface area (Å²) in [4.78, 5) is 17.9. The number of likely N-dealkylation sites (N-methyl/N-ethyl adjacent to an activating group) is 1. The summed E-state index contributed by atoms with van der Waals surface area (Å²) in [5, 5.41) is 2.82. The van der Waals surface area contributed by atoms with Crippen LogP contribution in [-0.2, 0) is 11.3 Å². The molecule has 0 saturated heterocycles. The fourth-order valence-electron chi connectivity index (χ4n) is 1.84. The van der Waals surface area contributed by atoms with Crippen molar-refractivity contribution < 1.29 is 9.21 Å². The van der Waals surface area contributed by atoms with Crippen molar-refractivity contribution in [1.29, 1.82) is 0 Å². The third-order valence-corrected chi connectivity index (χ3v) is 3.19. The molecule has 3 N–H and O–H groups in total. The van der Waals surface area contributed by atoms with E-state index in [1.807, 2.05) is 24.9 Å². The quantitative estimate of drug-likeness (QED) is 0.861. The highest BCUT2D eigenvalue weighted by atomic mass is 16.3. The molecule has 1 atom stereocenters. The smallest absolute Gasteiger partial charge is 0.242 e. The van der Waals surface area contributed by atoms with Gasteiger partial charge in [0.25, 0.3) is 0 Å². The Kier molecular flexibility index (Phi) is 4.24. The fourth-order valence-corrected chi connectivity index (χ4v) is 1.84. The van der Waals surface area contributed by atoms with Crippen molar-refractivity contribution in [3.05, 3.63) is 42.6 Å². The lowest BCUT2D eigenvalue weighted by Gasteiger charge is -2.26. The topological polar surface area (TPSA) is 84.4 Å². The average Bonchev–Trinajstić information content (AvgIpc) is 2.97. The molecule has 0 spiro atoms. The first-order valence-corrected chi connectivity index (χ1v) is 6.32. The first-order valence-electron chi connectivity index (χ1n) is 6.32. The Morgan fingerprint density at radius 1 is 1.55 bits per heavy atom. The van der Waals surface area contributed by atoms with Crippen molar-refractivity contribution in [1.82, 2.24) is 10.3 Å². The van der Waals surface area contributed by atoms with Gasteiger partial charge in [-0.2, -0.15) is 0 Å². The normalized spacial score (nSPS) is 11.9. The number of nitrogens with one attached hydrogen (secondary N) is 1. The van der Waals surface area contributed by atoms with Gasteiger partial charge in [0.05, 0.1) is 30.4 Å². The minimum Gasteiger partial charge on any atom is -0.467 e. The van der Waals surface area contributed by atoms with Crippen LogP contribution in [0.15, 0.2) is 41.3 Å². The van der Waals surface area contributed by atoms with Gasteiger partial charge in [-0.3, -0.25) is 9.78 Å². The molecule has 106 valence electrons. The van der Waals surface area contributed by atoms with E-state index in [9.17, 15) is 4.79 Å². The molecule has 1 unspecified atom stereocenters. The lowest BCUT2D eigenvalue weighted by molar-refractivity contribution is -0.122. The number of nitrogens with zero attached hydrogens (tertiary/aromatic N) is 2. The summed E-state index contributed by atoms with van der Waals surface area (Å²) in [5.74, 6) is 0.622. The minimum atomic E-state index is -0.352. The van der Waals surface area contributed by atoms with Crippen molar-refractivity contribution >= 4 is 17.3 Å². The standard InChI is InChI=1S/C14H18N4O2/c1-10(14(19)17-8-11-4-3-7-20-11)18(2)13-5-6-16-9-12(13)15/h3-7,9-10H,8,15H2,1-2H3,(H,17,19). The maximum atomic E-state index is 12.1.